The van der Waals surface area contributed by atoms with E-state index in [2.05, 4.69) is 4.99 Å². The van der Waals surface area contributed by atoms with Crippen LogP contribution in [-0.4, -0.2) is 50.3 Å². The van der Waals surface area contributed by atoms with E-state index in [9.17, 15) is 22.0 Å². The lowest BCUT2D eigenvalue weighted by Gasteiger charge is -2.29. The summed E-state index contributed by atoms with van der Waals surface area (Å²) in [5, 5.41) is 0. The van der Waals surface area contributed by atoms with E-state index < -0.39 is 41.2 Å². The van der Waals surface area contributed by atoms with Crippen LogP contribution in [0.1, 0.15) is 6.92 Å². The molecule has 0 amide bonds. The van der Waals surface area contributed by atoms with E-state index in [4.69, 9.17) is 9.47 Å². The van der Waals surface area contributed by atoms with Gasteiger partial charge in [-0.2, -0.15) is 13.2 Å². The summed E-state index contributed by atoms with van der Waals surface area (Å²) < 4.78 is 76.4. The molecule has 1 fully saturated rings. The molecule has 19 heavy (non-hydrogen) atoms. The number of alkyl halides is 5. The van der Waals surface area contributed by atoms with Crippen molar-refractivity contribution in [2.24, 2.45) is 4.99 Å². The SMILES string of the molecule is CN=C(C1=C(C)[C@@H](F)[C@@H](F)C12OCCO2)C(F)(F)F. The van der Waals surface area contributed by atoms with Crippen LogP contribution in [0, 0.1) is 0 Å². The first-order chi connectivity index (χ1) is 8.75. The molecule has 2 rings (SSSR count). The molecule has 0 aromatic heterocycles. The average molecular weight is 285 g/mol. The molecule has 1 aliphatic heterocycles. The molecule has 1 spiro atoms. The van der Waals surface area contributed by atoms with Crippen molar-refractivity contribution in [3.8, 4) is 0 Å². The lowest BCUT2D eigenvalue weighted by Crippen LogP contribution is -2.46. The highest BCUT2D eigenvalue weighted by Crippen LogP contribution is 2.47. The van der Waals surface area contributed by atoms with Crippen LogP contribution in [0.3, 0.4) is 0 Å². The molecule has 3 nitrogen and oxygen atoms in total. The van der Waals surface area contributed by atoms with Gasteiger partial charge in [0.1, 0.15) is 5.71 Å². The zero-order valence-electron chi connectivity index (χ0n) is 10.2. The topological polar surface area (TPSA) is 30.8 Å². The molecule has 8 heteroatoms. The summed E-state index contributed by atoms with van der Waals surface area (Å²) in [6, 6.07) is 0. The van der Waals surface area contributed by atoms with Crippen molar-refractivity contribution in [3.63, 3.8) is 0 Å². The van der Waals surface area contributed by atoms with Crippen molar-refractivity contribution in [3.05, 3.63) is 11.1 Å². The van der Waals surface area contributed by atoms with Crippen molar-refractivity contribution >= 4 is 5.71 Å². The van der Waals surface area contributed by atoms with Gasteiger partial charge in [0.25, 0.3) is 0 Å². The Morgan fingerprint density at radius 2 is 1.79 bits per heavy atom. The van der Waals surface area contributed by atoms with Crippen molar-refractivity contribution in [2.75, 3.05) is 20.3 Å². The molecule has 2 aliphatic rings. The van der Waals surface area contributed by atoms with Gasteiger partial charge in [-0.25, -0.2) is 8.78 Å². The maximum atomic E-state index is 14.0. The number of halogens is 5. The van der Waals surface area contributed by atoms with E-state index in [0.717, 1.165) is 14.0 Å². The van der Waals surface area contributed by atoms with E-state index in [-0.39, 0.29) is 13.2 Å². The van der Waals surface area contributed by atoms with Gasteiger partial charge >= 0.3 is 6.18 Å². The molecule has 0 bridgehead atoms. The summed E-state index contributed by atoms with van der Waals surface area (Å²) >= 11 is 0. The van der Waals surface area contributed by atoms with Crippen molar-refractivity contribution in [2.45, 2.75) is 31.2 Å². The molecule has 1 saturated heterocycles. The van der Waals surface area contributed by atoms with Gasteiger partial charge in [0.05, 0.1) is 13.2 Å². The zero-order chi connectivity index (χ0) is 14.4. The second-order valence-corrected chi connectivity index (χ2v) is 4.30. The fourth-order valence-electron chi connectivity index (χ4n) is 2.43. The highest BCUT2D eigenvalue weighted by molar-refractivity contribution is 6.07. The van der Waals surface area contributed by atoms with Gasteiger partial charge in [-0.15, -0.1) is 0 Å². The molecule has 0 aromatic carbocycles. The summed E-state index contributed by atoms with van der Waals surface area (Å²) in [6.07, 6.45) is -9.37. The largest absolute Gasteiger partial charge is 0.433 e. The molecule has 0 unspecified atom stereocenters. The Labute approximate surface area is 106 Å². The Hall–Kier alpha value is -1.02. The highest BCUT2D eigenvalue weighted by atomic mass is 19.4. The van der Waals surface area contributed by atoms with Crippen LogP contribution in [0.25, 0.3) is 0 Å². The first kappa shape index (κ1) is 14.4. The lowest BCUT2D eigenvalue weighted by molar-refractivity contribution is -0.170. The zero-order valence-corrected chi connectivity index (χ0v) is 10.2. The van der Waals surface area contributed by atoms with Gasteiger partial charge in [0, 0.05) is 12.6 Å². The van der Waals surface area contributed by atoms with Crippen LogP contribution in [-0.2, 0) is 9.47 Å². The van der Waals surface area contributed by atoms with E-state index in [0.29, 0.717) is 0 Å². The van der Waals surface area contributed by atoms with Gasteiger partial charge in [0.2, 0.25) is 5.79 Å². The molecule has 0 aromatic rings. The number of hydrogen-bond donors (Lipinski definition) is 0. The molecule has 108 valence electrons. The van der Waals surface area contributed by atoms with Crippen LogP contribution < -0.4 is 0 Å². The molecular formula is C11H12F5NO2. The lowest BCUT2D eigenvalue weighted by atomic mass is 10.0. The van der Waals surface area contributed by atoms with E-state index >= 15 is 0 Å². The summed E-state index contributed by atoms with van der Waals surface area (Å²) in [5.74, 6) is -2.33. The van der Waals surface area contributed by atoms with Crippen LogP contribution >= 0.6 is 0 Å². The number of ether oxygens (including phenoxy) is 2. The van der Waals surface area contributed by atoms with Gasteiger partial charge in [-0.1, -0.05) is 0 Å². The Balaban J connectivity index is 2.57. The number of aliphatic imine (C=N–C) groups is 1. The normalized spacial score (nSPS) is 31.6. The monoisotopic (exact) mass is 285 g/mol. The van der Waals surface area contributed by atoms with Crippen molar-refractivity contribution in [1.29, 1.82) is 0 Å². The molecule has 0 radical (unpaired) electrons. The van der Waals surface area contributed by atoms with Crippen molar-refractivity contribution in [1.82, 2.24) is 0 Å². The van der Waals surface area contributed by atoms with Gasteiger partial charge in [0.15, 0.2) is 12.3 Å². The summed E-state index contributed by atoms with van der Waals surface area (Å²) in [6.45, 7) is 0.890. The van der Waals surface area contributed by atoms with Crippen LogP contribution in [0.4, 0.5) is 22.0 Å². The minimum atomic E-state index is -4.84. The fraction of sp³-hybridized carbons (Fsp3) is 0.727. The van der Waals surface area contributed by atoms with Crippen molar-refractivity contribution < 1.29 is 31.4 Å². The Morgan fingerprint density at radius 1 is 1.26 bits per heavy atom. The Kier molecular flexibility index (Phi) is 3.42. The number of nitrogens with zero attached hydrogens (tertiary/aromatic N) is 1. The average Bonchev–Trinajstić information content (AvgIpc) is 2.86. The third-order valence-corrected chi connectivity index (χ3v) is 3.22. The van der Waals surface area contributed by atoms with Gasteiger partial charge < -0.3 is 9.47 Å². The minimum Gasteiger partial charge on any atom is -0.341 e. The maximum Gasteiger partial charge on any atom is 0.433 e. The fourth-order valence-corrected chi connectivity index (χ4v) is 2.43. The van der Waals surface area contributed by atoms with Crippen LogP contribution in [0.15, 0.2) is 16.1 Å². The number of allylic oxidation sites excluding steroid dienone is 1. The molecule has 0 N–H and O–H groups in total. The third kappa shape index (κ3) is 1.97. The van der Waals surface area contributed by atoms with Crippen LogP contribution in [0.5, 0.6) is 0 Å². The highest BCUT2D eigenvalue weighted by Gasteiger charge is 2.62. The molecule has 1 heterocycles. The molecular weight excluding hydrogens is 273 g/mol. The van der Waals surface area contributed by atoms with E-state index in [1.807, 2.05) is 0 Å². The summed E-state index contributed by atoms with van der Waals surface area (Å²) in [4.78, 5) is 3.12. The summed E-state index contributed by atoms with van der Waals surface area (Å²) in [5.41, 5.74) is -2.44. The molecule has 1 aliphatic carbocycles. The minimum absolute atomic E-state index is 0.0984. The van der Waals surface area contributed by atoms with Gasteiger partial charge in [-0.3, -0.25) is 4.99 Å². The first-order valence-electron chi connectivity index (χ1n) is 5.57. The predicted molar refractivity (Wildman–Crippen MR) is 56.5 cm³/mol. The van der Waals surface area contributed by atoms with Gasteiger partial charge in [-0.05, 0) is 12.5 Å². The van der Waals surface area contributed by atoms with Crippen LogP contribution in [0.2, 0.25) is 0 Å². The number of hydrogen-bond acceptors (Lipinski definition) is 3. The quantitative estimate of drug-likeness (QED) is 0.547. The maximum absolute atomic E-state index is 14.0. The molecule has 2 atom stereocenters. The first-order valence-corrected chi connectivity index (χ1v) is 5.57. The summed E-state index contributed by atoms with van der Waals surface area (Å²) in [7, 11) is 0.907. The Morgan fingerprint density at radius 3 is 2.21 bits per heavy atom. The van der Waals surface area contributed by atoms with E-state index in [1.165, 1.54) is 0 Å². The third-order valence-electron chi connectivity index (χ3n) is 3.22. The number of rotatable bonds is 1. The standard InChI is InChI=1S/C11H12F5NO2/c1-5-6(9(17-2)11(14,15)16)10(8(13)7(5)12)18-3-4-19-10/h7-8H,3-4H2,1-2H3/t7-,8-/m1/s1. The second-order valence-electron chi connectivity index (χ2n) is 4.30. The smallest absolute Gasteiger partial charge is 0.341 e. The van der Waals surface area contributed by atoms with E-state index in [1.54, 1.807) is 0 Å². The molecule has 0 saturated carbocycles. The predicted octanol–water partition coefficient (Wildman–Crippen LogP) is 2.37. The second kappa shape index (κ2) is 4.52. The Bertz CT molecular complexity index is 437.